The molecule has 1 fully saturated rings. The lowest BCUT2D eigenvalue weighted by Crippen LogP contribution is -2.38. The maximum Gasteiger partial charge on any atom is 0.253 e. The molecule has 0 radical (unpaired) electrons. The van der Waals surface area contributed by atoms with Crippen molar-refractivity contribution in [3.8, 4) is 0 Å². The number of nitrogens with one attached hydrogen (secondary N) is 2. The third kappa shape index (κ3) is 6.05. The fourth-order valence-corrected chi connectivity index (χ4v) is 4.12. The molecule has 5 nitrogen and oxygen atoms in total. The van der Waals surface area contributed by atoms with Gasteiger partial charge in [-0.25, -0.2) is 4.39 Å². The van der Waals surface area contributed by atoms with Crippen LogP contribution >= 0.6 is 0 Å². The van der Waals surface area contributed by atoms with Crippen molar-refractivity contribution >= 4 is 17.5 Å². The van der Waals surface area contributed by atoms with Crippen LogP contribution in [0.1, 0.15) is 34.3 Å². The molecule has 170 valence electrons. The van der Waals surface area contributed by atoms with Crippen LogP contribution in [-0.4, -0.2) is 29.8 Å². The summed E-state index contributed by atoms with van der Waals surface area (Å²) in [6.07, 6.45) is 1.39. The Morgan fingerprint density at radius 2 is 1.55 bits per heavy atom. The van der Waals surface area contributed by atoms with Crippen molar-refractivity contribution in [3.05, 3.63) is 101 Å². The Hall–Kier alpha value is -3.51. The first-order chi connectivity index (χ1) is 16.1. The minimum Gasteiger partial charge on any atom is -0.348 e. The van der Waals surface area contributed by atoms with E-state index in [1.807, 2.05) is 36.4 Å². The average Bonchev–Trinajstić information content (AvgIpc) is 2.85. The van der Waals surface area contributed by atoms with Crippen LogP contribution in [0.15, 0.2) is 78.9 Å². The van der Waals surface area contributed by atoms with E-state index in [2.05, 4.69) is 15.5 Å². The quantitative estimate of drug-likeness (QED) is 0.559. The predicted molar refractivity (Wildman–Crippen MR) is 127 cm³/mol. The van der Waals surface area contributed by atoms with E-state index in [1.165, 1.54) is 6.07 Å². The van der Waals surface area contributed by atoms with E-state index in [4.69, 9.17) is 0 Å². The summed E-state index contributed by atoms with van der Waals surface area (Å²) in [5.41, 5.74) is 2.64. The summed E-state index contributed by atoms with van der Waals surface area (Å²) in [6.45, 7) is 2.42. The van der Waals surface area contributed by atoms with Crippen LogP contribution in [0.4, 0.5) is 10.1 Å². The molecule has 1 heterocycles. The zero-order valence-corrected chi connectivity index (χ0v) is 18.5. The minimum absolute atomic E-state index is 0.0798. The Morgan fingerprint density at radius 1 is 0.879 bits per heavy atom. The van der Waals surface area contributed by atoms with Gasteiger partial charge in [-0.3, -0.25) is 14.5 Å². The summed E-state index contributed by atoms with van der Waals surface area (Å²) in [5, 5.41) is 5.87. The van der Waals surface area contributed by atoms with Gasteiger partial charge in [-0.15, -0.1) is 0 Å². The molecule has 3 aromatic carbocycles. The fraction of sp³-hybridized carbons (Fsp3) is 0.259. The number of rotatable bonds is 7. The van der Waals surface area contributed by atoms with Crippen molar-refractivity contribution in [2.24, 2.45) is 5.92 Å². The molecular formula is C27H28FN3O2. The summed E-state index contributed by atoms with van der Waals surface area (Å²) in [4.78, 5) is 27.8. The van der Waals surface area contributed by atoms with E-state index in [0.29, 0.717) is 42.7 Å². The van der Waals surface area contributed by atoms with Crippen LogP contribution < -0.4 is 10.6 Å². The second-order valence-corrected chi connectivity index (χ2v) is 8.34. The number of anilines is 1. The molecule has 0 bridgehead atoms. The first-order valence-electron chi connectivity index (χ1n) is 11.3. The van der Waals surface area contributed by atoms with Gasteiger partial charge in [-0.05, 0) is 49.7 Å². The molecule has 1 saturated heterocycles. The number of nitrogens with zero attached hydrogens (tertiary/aromatic N) is 1. The number of amides is 2. The van der Waals surface area contributed by atoms with E-state index >= 15 is 0 Å². The molecule has 6 heteroatoms. The van der Waals surface area contributed by atoms with Crippen LogP contribution in [0.2, 0.25) is 0 Å². The second kappa shape index (κ2) is 10.9. The van der Waals surface area contributed by atoms with Crippen molar-refractivity contribution in [2.45, 2.75) is 25.9 Å². The molecule has 0 atom stereocenters. The Balaban J connectivity index is 1.32. The smallest absolute Gasteiger partial charge is 0.253 e. The SMILES string of the molecule is O=C(NCc1ccccc1)c1ccccc1NC(=O)C1CCN(Cc2ccccc2F)CC1. The third-order valence-electron chi connectivity index (χ3n) is 6.04. The first kappa shape index (κ1) is 22.7. The van der Waals surface area contributed by atoms with Crippen molar-refractivity contribution in [1.29, 1.82) is 0 Å². The number of hydrogen-bond donors (Lipinski definition) is 2. The highest BCUT2D eigenvalue weighted by molar-refractivity contribution is 6.04. The monoisotopic (exact) mass is 445 g/mol. The summed E-state index contributed by atoms with van der Waals surface area (Å²) < 4.78 is 13.9. The van der Waals surface area contributed by atoms with Crippen LogP contribution in [0.3, 0.4) is 0 Å². The molecule has 1 aliphatic rings. The van der Waals surface area contributed by atoms with Crippen LogP contribution in [-0.2, 0) is 17.9 Å². The minimum atomic E-state index is -0.227. The average molecular weight is 446 g/mol. The van der Waals surface area contributed by atoms with E-state index in [1.54, 1.807) is 36.4 Å². The lowest BCUT2D eigenvalue weighted by Gasteiger charge is -2.31. The molecule has 33 heavy (non-hydrogen) atoms. The number of benzene rings is 3. The third-order valence-corrected chi connectivity index (χ3v) is 6.04. The van der Waals surface area contributed by atoms with Gasteiger partial charge in [0.15, 0.2) is 0 Å². The number of halogens is 1. The number of hydrogen-bond acceptors (Lipinski definition) is 3. The molecule has 1 aliphatic heterocycles. The highest BCUT2D eigenvalue weighted by Crippen LogP contribution is 2.23. The van der Waals surface area contributed by atoms with Gasteiger partial charge in [-0.1, -0.05) is 60.7 Å². The summed E-state index contributed by atoms with van der Waals surface area (Å²) in [5.74, 6) is -0.639. The maximum absolute atomic E-state index is 13.9. The number of piperidine rings is 1. The number of carbonyl (C=O) groups excluding carboxylic acids is 2. The number of para-hydroxylation sites is 1. The standard InChI is InChI=1S/C27H28FN3O2/c28-24-12-6-4-10-22(24)19-31-16-14-21(15-17-31)26(32)30-25-13-7-5-11-23(25)27(33)29-18-20-8-2-1-3-9-20/h1-13,21H,14-19H2,(H,29,33)(H,30,32). The van der Waals surface area contributed by atoms with Gasteiger partial charge in [-0.2, -0.15) is 0 Å². The Bertz CT molecular complexity index is 1100. The lowest BCUT2D eigenvalue weighted by atomic mass is 9.95. The Labute approximate surface area is 193 Å². The van der Waals surface area contributed by atoms with E-state index in [0.717, 1.165) is 18.7 Å². The molecule has 0 saturated carbocycles. The molecule has 2 amide bonds. The summed E-state index contributed by atoms with van der Waals surface area (Å²) in [6, 6.07) is 23.6. The molecule has 0 aliphatic carbocycles. The molecule has 2 N–H and O–H groups in total. The molecule has 4 rings (SSSR count). The second-order valence-electron chi connectivity index (χ2n) is 8.34. The van der Waals surface area contributed by atoms with Crippen molar-refractivity contribution in [2.75, 3.05) is 18.4 Å². The highest BCUT2D eigenvalue weighted by Gasteiger charge is 2.26. The lowest BCUT2D eigenvalue weighted by molar-refractivity contribution is -0.121. The first-order valence-corrected chi connectivity index (χ1v) is 11.3. The Morgan fingerprint density at radius 3 is 2.30 bits per heavy atom. The van der Waals surface area contributed by atoms with Crippen molar-refractivity contribution in [1.82, 2.24) is 10.2 Å². The number of likely N-dealkylation sites (tertiary alicyclic amines) is 1. The van der Waals surface area contributed by atoms with Crippen LogP contribution in [0.5, 0.6) is 0 Å². The van der Waals surface area contributed by atoms with E-state index < -0.39 is 0 Å². The zero-order chi connectivity index (χ0) is 23.0. The summed E-state index contributed by atoms with van der Waals surface area (Å²) in [7, 11) is 0. The van der Waals surface area contributed by atoms with Gasteiger partial charge in [0.05, 0.1) is 11.3 Å². The molecule has 0 unspecified atom stereocenters. The van der Waals surface area contributed by atoms with Gasteiger partial charge in [0.25, 0.3) is 5.91 Å². The molecular weight excluding hydrogens is 417 g/mol. The van der Waals surface area contributed by atoms with Crippen LogP contribution in [0.25, 0.3) is 0 Å². The van der Waals surface area contributed by atoms with E-state index in [-0.39, 0.29) is 23.5 Å². The summed E-state index contributed by atoms with van der Waals surface area (Å²) >= 11 is 0. The maximum atomic E-state index is 13.9. The molecule has 0 spiro atoms. The van der Waals surface area contributed by atoms with Gasteiger partial charge in [0.2, 0.25) is 5.91 Å². The molecule has 3 aromatic rings. The predicted octanol–water partition coefficient (Wildman–Crippen LogP) is 4.61. The van der Waals surface area contributed by atoms with E-state index in [9.17, 15) is 14.0 Å². The van der Waals surface area contributed by atoms with Crippen molar-refractivity contribution in [3.63, 3.8) is 0 Å². The molecule has 0 aromatic heterocycles. The highest BCUT2D eigenvalue weighted by atomic mass is 19.1. The van der Waals surface area contributed by atoms with Crippen LogP contribution in [0, 0.1) is 11.7 Å². The Kier molecular flexibility index (Phi) is 7.47. The fourth-order valence-electron chi connectivity index (χ4n) is 4.12. The number of carbonyl (C=O) groups is 2. The van der Waals surface area contributed by atoms with Gasteiger partial charge in [0, 0.05) is 24.6 Å². The largest absolute Gasteiger partial charge is 0.348 e. The topological polar surface area (TPSA) is 61.4 Å². The zero-order valence-electron chi connectivity index (χ0n) is 18.5. The normalized spacial score (nSPS) is 14.6. The van der Waals surface area contributed by atoms with Gasteiger partial charge < -0.3 is 10.6 Å². The van der Waals surface area contributed by atoms with Gasteiger partial charge in [0.1, 0.15) is 5.82 Å². The van der Waals surface area contributed by atoms with Gasteiger partial charge >= 0.3 is 0 Å². The van der Waals surface area contributed by atoms with Crippen molar-refractivity contribution < 1.29 is 14.0 Å².